The average Bonchev–Trinajstić information content (AvgIpc) is 3.34. The summed E-state index contributed by atoms with van der Waals surface area (Å²) < 4.78 is 16.3. The second kappa shape index (κ2) is 11.1. The van der Waals surface area contributed by atoms with Crippen molar-refractivity contribution in [3.8, 4) is 17.2 Å². The number of ether oxygens (including phenoxy) is 3. The lowest BCUT2D eigenvalue weighted by Crippen LogP contribution is -2.36. The van der Waals surface area contributed by atoms with Crippen LogP contribution in [0.3, 0.4) is 0 Å². The molecular weight excluding hydrogens is 442 g/mol. The lowest BCUT2D eigenvalue weighted by Gasteiger charge is -2.25. The summed E-state index contributed by atoms with van der Waals surface area (Å²) in [6, 6.07) is 23.3. The van der Waals surface area contributed by atoms with Gasteiger partial charge < -0.3 is 14.2 Å². The second-order valence-electron chi connectivity index (χ2n) is 8.50. The molecule has 4 rings (SSSR count). The molecule has 1 aliphatic rings. The molecule has 0 fully saturated rings. The monoisotopic (exact) mass is 473 g/mol. The number of carbonyl (C=O) groups is 1. The van der Waals surface area contributed by atoms with Gasteiger partial charge in [-0.25, -0.2) is 5.01 Å². The van der Waals surface area contributed by atoms with E-state index in [9.17, 15) is 4.79 Å². The van der Waals surface area contributed by atoms with Gasteiger partial charge >= 0.3 is 0 Å². The maximum absolute atomic E-state index is 13.5. The van der Waals surface area contributed by atoms with E-state index in [2.05, 4.69) is 12.1 Å². The number of hydrogen-bond acceptors (Lipinski definition) is 6. The molecule has 1 atom stereocenters. The Balaban J connectivity index is 1.61. The molecule has 35 heavy (non-hydrogen) atoms. The molecule has 0 aliphatic carbocycles. The largest absolute Gasteiger partial charge is 0.497 e. The van der Waals surface area contributed by atoms with Gasteiger partial charge in [0.15, 0.2) is 0 Å². The highest BCUT2D eigenvalue weighted by molar-refractivity contribution is 6.05. The molecule has 0 radical (unpaired) electrons. The van der Waals surface area contributed by atoms with Crippen molar-refractivity contribution in [1.29, 1.82) is 0 Å². The van der Waals surface area contributed by atoms with Crippen LogP contribution in [0, 0.1) is 0 Å². The Morgan fingerprint density at radius 2 is 1.63 bits per heavy atom. The predicted molar refractivity (Wildman–Crippen MR) is 136 cm³/mol. The highest BCUT2D eigenvalue weighted by Crippen LogP contribution is 2.36. The zero-order valence-corrected chi connectivity index (χ0v) is 20.6. The van der Waals surface area contributed by atoms with Crippen molar-refractivity contribution in [1.82, 2.24) is 9.91 Å². The Kier molecular flexibility index (Phi) is 7.67. The maximum atomic E-state index is 13.5. The summed E-state index contributed by atoms with van der Waals surface area (Å²) in [7, 11) is 6.82. The topological polar surface area (TPSA) is 63.6 Å². The Labute approximate surface area is 206 Å². The number of benzene rings is 3. The van der Waals surface area contributed by atoms with Gasteiger partial charge in [0.1, 0.15) is 17.2 Å². The number of amides is 1. The molecule has 1 heterocycles. The summed E-state index contributed by atoms with van der Waals surface area (Å²) in [5.74, 6) is 2.07. The average molecular weight is 474 g/mol. The van der Waals surface area contributed by atoms with Crippen molar-refractivity contribution in [2.45, 2.75) is 19.0 Å². The van der Waals surface area contributed by atoms with E-state index in [-0.39, 0.29) is 18.5 Å². The third kappa shape index (κ3) is 5.63. The van der Waals surface area contributed by atoms with E-state index in [1.807, 2.05) is 72.6 Å². The van der Waals surface area contributed by atoms with Gasteiger partial charge in [-0.15, -0.1) is 0 Å². The fourth-order valence-corrected chi connectivity index (χ4v) is 4.28. The highest BCUT2D eigenvalue weighted by Gasteiger charge is 2.34. The van der Waals surface area contributed by atoms with Crippen LogP contribution in [-0.4, -0.2) is 56.4 Å². The number of likely N-dealkylation sites (N-methyl/N-ethyl adjacent to an activating group) is 1. The third-order valence-electron chi connectivity index (χ3n) is 6.09. The van der Waals surface area contributed by atoms with E-state index >= 15 is 0 Å². The highest BCUT2D eigenvalue weighted by atomic mass is 16.5. The zero-order chi connectivity index (χ0) is 24.8. The van der Waals surface area contributed by atoms with Crippen LogP contribution < -0.4 is 14.2 Å². The summed E-state index contributed by atoms with van der Waals surface area (Å²) in [6.45, 7) is 0.925. The van der Waals surface area contributed by atoms with Crippen LogP contribution >= 0.6 is 0 Å². The SMILES string of the molecule is COc1ccc([C@@H]2CC(c3ccc(OC)cc3OC)=NN2C(=O)CN(C)Cc2ccccc2)cc1. The smallest absolute Gasteiger partial charge is 0.257 e. The summed E-state index contributed by atoms with van der Waals surface area (Å²) in [5.41, 5.74) is 3.79. The van der Waals surface area contributed by atoms with Crippen molar-refractivity contribution in [2.75, 3.05) is 34.9 Å². The van der Waals surface area contributed by atoms with Gasteiger partial charge in [0.2, 0.25) is 0 Å². The van der Waals surface area contributed by atoms with Crippen molar-refractivity contribution < 1.29 is 19.0 Å². The van der Waals surface area contributed by atoms with E-state index in [0.717, 1.165) is 28.2 Å². The first-order chi connectivity index (χ1) is 17.0. The predicted octanol–water partition coefficient (Wildman–Crippen LogP) is 4.52. The number of rotatable bonds is 9. The number of hydrazone groups is 1. The molecule has 0 bridgehead atoms. The molecule has 1 amide bonds. The molecule has 0 unspecified atom stereocenters. The summed E-state index contributed by atoms with van der Waals surface area (Å²) in [5, 5.41) is 6.42. The molecule has 0 saturated carbocycles. The van der Waals surface area contributed by atoms with Crippen molar-refractivity contribution in [2.24, 2.45) is 5.10 Å². The van der Waals surface area contributed by atoms with Gasteiger partial charge in [0, 0.05) is 24.6 Å². The Morgan fingerprint density at radius 3 is 2.29 bits per heavy atom. The fraction of sp³-hybridized carbons (Fsp3) is 0.286. The van der Waals surface area contributed by atoms with E-state index in [0.29, 0.717) is 24.5 Å². The first kappa shape index (κ1) is 24.3. The molecule has 182 valence electrons. The van der Waals surface area contributed by atoms with Gasteiger partial charge in [-0.2, -0.15) is 5.10 Å². The van der Waals surface area contributed by atoms with Crippen molar-refractivity contribution in [3.05, 3.63) is 89.5 Å². The number of hydrogen-bond donors (Lipinski definition) is 0. The minimum atomic E-state index is -0.222. The maximum Gasteiger partial charge on any atom is 0.257 e. The first-order valence-corrected chi connectivity index (χ1v) is 11.5. The van der Waals surface area contributed by atoms with E-state index in [1.165, 1.54) is 0 Å². The van der Waals surface area contributed by atoms with E-state index < -0.39 is 0 Å². The van der Waals surface area contributed by atoms with Crippen LogP contribution in [0.25, 0.3) is 0 Å². The standard InChI is InChI=1S/C28H31N3O4/c1-30(18-20-8-6-5-7-9-20)19-28(32)31-26(21-10-12-22(33-2)13-11-21)17-25(29-31)24-15-14-23(34-3)16-27(24)35-4/h5-16,26H,17-19H2,1-4H3/t26-/m0/s1. The summed E-state index contributed by atoms with van der Waals surface area (Å²) in [6.07, 6.45) is 0.573. The molecule has 0 spiro atoms. The molecule has 0 N–H and O–H groups in total. The summed E-state index contributed by atoms with van der Waals surface area (Å²) in [4.78, 5) is 15.5. The molecular formula is C28H31N3O4. The molecule has 7 nitrogen and oxygen atoms in total. The number of nitrogens with zero attached hydrogens (tertiary/aromatic N) is 3. The number of carbonyl (C=O) groups excluding carboxylic acids is 1. The molecule has 1 aliphatic heterocycles. The quantitative estimate of drug-likeness (QED) is 0.457. The van der Waals surface area contributed by atoms with Gasteiger partial charge in [-0.1, -0.05) is 42.5 Å². The Hall–Kier alpha value is -3.84. The van der Waals surface area contributed by atoms with Crippen LogP contribution in [0.5, 0.6) is 17.2 Å². The van der Waals surface area contributed by atoms with Crippen LogP contribution in [0.1, 0.15) is 29.2 Å². The van der Waals surface area contributed by atoms with Crippen LogP contribution in [0.15, 0.2) is 77.9 Å². The van der Waals surface area contributed by atoms with Crippen molar-refractivity contribution >= 4 is 11.6 Å². The van der Waals surface area contributed by atoms with Gasteiger partial charge in [0.05, 0.1) is 39.6 Å². The molecule has 3 aromatic carbocycles. The van der Waals surface area contributed by atoms with Gasteiger partial charge in [-0.05, 0) is 42.4 Å². The van der Waals surface area contributed by atoms with Crippen LogP contribution in [0.2, 0.25) is 0 Å². The minimum absolute atomic E-state index is 0.0632. The minimum Gasteiger partial charge on any atom is -0.497 e. The molecule has 0 aromatic heterocycles. The van der Waals surface area contributed by atoms with Crippen molar-refractivity contribution in [3.63, 3.8) is 0 Å². The zero-order valence-electron chi connectivity index (χ0n) is 20.6. The van der Waals surface area contributed by atoms with Crippen LogP contribution in [0.4, 0.5) is 0 Å². The van der Waals surface area contributed by atoms with Gasteiger partial charge in [-0.3, -0.25) is 9.69 Å². The molecule has 0 saturated heterocycles. The first-order valence-electron chi connectivity index (χ1n) is 11.5. The molecule has 3 aromatic rings. The normalized spacial score (nSPS) is 15.2. The van der Waals surface area contributed by atoms with E-state index in [4.69, 9.17) is 19.3 Å². The summed E-state index contributed by atoms with van der Waals surface area (Å²) >= 11 is 0. The fourth-order valence-electron chi connectivity index (χ4n) is 4.28. The molecule has 7 heteroatoms. The lowest BCUT2D eigenvalue weighted by molar-refractivity contribution is -0.134. The second-order valence-corrected chi connectivity index (χ2v) is 8.50. The van der Waals surface area contributed by atoms with Gasteiger partial charge in [0.25, 0.3) is 5.91 Å². The number of methoxy groups -OCH3 is 3. The van der Waals surface area contributed by atoms with E-state index in [1.54, 1.807) is 26.3 Å². The Morgan fingerprint density at radius 1 is 0.943 bits per heavy atom. The van der Waals surface area contributed by atoms with Crippen LogP contribution in [-0.2, 0) is 11.3 Å². The Bertz CT molecular complexity index is 1180. The third-order valence-corrected chi connectivity index (χ3v) is 6.09. The lowest BCUT2D eigenvalue weighted by atomic mass is 9.97.